The molecule has 0 aliphatic carbocycles. The molecule has 0 saturated heterocycles. The number of carbonyl (C=O) groups is 1. The van der Waals surface area contributed by atoms with Gasteiger partial charge < -0.3 is 0 Å². The molecule has 1 aromatic rings. The Balaban J connectivity index is 2.69. The minimum atomic E-state index is -0.169. The zero-order chi connectivity index (χ0) is 10.7. The van der Waals surface area contributed by atoms with E-state index < -0.39 is 0 Å². The summed E-state index contributed by atoms with van der Waals surface area (Å²) in [6.07, 6.45) is 0. The molecule has 3 N–H and O–H groups in total. The molecule has 0 fully saturated rings. The van der Waals surface area contributed by atoms with Crippen LogP contribution in [0.15, 0.2) is 6.07 Å². The quantitative estimate of drug-likeness (QED) is 0.410. The topological polar surface area (TPSA) is 72.9 Å². The summed E-state index contributed by atoms with van der Waals surface area (Å²) >= 11 is 0. The molecule has 0 saturated carbocycles. The largest absolute Gasteiger partial charge is 0.294 e. The van der Waals surface area contributed by atoms with Crippen molar-refractivity contribution in [2.45, 2.75) is 27.3 Å². The number of nitrogens with one attached hydrogen (secondary N) is 1. The lowest BCUT2D eigenvalue weighted by molar-refractivity contribution is -0.125. The van der Waals surface area contributed by atoms with E-state index in [-0.39, 0.29) is 11.8 Å². The Morgan fingerprint density at radius 3 is 2.79 bits per heavy atom. The Kier molecular flexibility index (Phi) is 3.24. The van der Waals surface area contributed by atoms with E-state index >= 15 is 0 Å². The molecule has 0 radical (unpaired) electrons. The van der Waals surface area contributed by atoms with Gasteiger partial charge in [-0.3, -0.25) is 14.9 Å². The average molecular weight is 196 g/mol. The Bertz CT molecular complexity index is 332. The predicted octanol–water partition coefficient (Wildman–Crippen LogP) is 0.126. The first kappa shape index (κ1) is 10.7. The minimum absolute atomic E-state index is 0.169. The molecule has 1 heterocycles. The van der Waals surface area contributed by atoms with Crippen LogP contribution in [0.1, 0.15) is 18.3 Å². The lowest BCUT2D eigenvalue weighted by atomic mass is 10.2. The molecule has 0 aliphatic heterocycles. The SMILES string of the molecule is Cc1cc(C)n(CC(C)C(=O)NN)n1. The van der Waals surface area contributed by atoms with Gasteiger partial charge in [-0.25, -0.2) is 5.84 Å². The summed E-state index contributed by atoms with van der Waals surface area (Å²) in [6.45, 7) is 6.27. The normalized spacial score (nSPS) is 12.6. The smallest absolute Gasteiger partial charge is 0.238 e. The van der Waals surface area contributed by atoms with Crippen LogP contribution in [0.4, 0.5) is 0 Å². The van der Waals surface area contributed by atoms with Crippen molar-refractivity contribution in [3.63, 3.8) is 0 Å². The van der Waals surface area contributed by atoms with Gasteiger partial charge in [0.25, 0.3) is 0 Å². The van der Waals surface area contributed by atoms with Crippen LogP contribution in [0.2, 0.25) is 0 Å². The van der Waals surface area contributed by atoms with Gasteiger partial charge in [0, 0.05) is 5.69 Å². The van der Waals surface area contributed by atoms with Crippen LogP contribution in [-0.4, -0.2) is 15.7 Å². The van der Waals surface area contributed by atoms with Crippen molar-refractivity contribution in [2.75, 3.05) is 0 Å². The Morgan fingerprint density at radius 2 is 2.36 bits per heavy atom. The second kappa shape index (κ2) is 4.23. The van der Waals surface area contributed by atoms with Gasteiger partial charge in [0.15, 0.2) is 0 Å². The standard InChI is InChI=1S/C9H16N4O/c1-6(9(14)11-10)5-13-8(3)4-7(2)12-13/h4,6H,5,10H2,1-3H3,(H,11,14). The molecule has 1 aromatic heterocycles. The van der Waals surface area contributed by atoms with E-state index in [1.165, 1.54) is 0 Å². The molecule has 78 valence electrons. The highest BCUT2D eigenvalue weighted by atomic mass is 16.2. The molecule has 1 unspecified atom stereocenters. The summed E-state index contributed by atoms with van der Waals surface area (Å²) < 4.78 is 1.81. The van der Waals surface area contributed by atoms with Crippen molar-refractivity contribution in [1.29, 1.82) is 0 Å². The number of nitrogens with two attached hydrogens (primary N) is 1. The summed E-state index contributed by atoms with van der Waals surface area (Å²) in [5.41, 5.74) is 4.15. The summed E-state index contributed by atoms with van der Waals surface area (Å²) in [5.74, 6) is 4.70. The van der Waals surface area contributed by atoms with Crippen LogP contribution in [0.5, 0.6) is 0 Å². The Hall–Kier alpha value is -1.36. The van der Waals surface area contributed by atoms with Gasteiger partial charge in [-0.1, -0.05) is 6.92 Å². The van der Waals surface area contributed by atoms with Crippen molar-refractivity contribution in [3.05, 3.63) is 17.5 Å². The third-order valence-electron chi connectivity index (χ3n) is 2.14. The van der Waals surface area contributed by atoms with Crippen LogP contribution >= 0.6 is 0 Å². The predicted molar refractivity (Wildman–Crippen MR) is 53.2 cm³/mol. The van der Waals surface area contributed by atoms with Crippen molar-refractivity contribution in [3.8, 4) is 0 Å². The van der Waals surface area contributed by atoms with Crippen molar-refractivity contribution < 1.29 is 4.79 Å². The summed E-state index contributed by atoms with van der Waals surface area (Å²) in [7, 11) is 0. The summed E-state index contributed by atoms with van der Waals surface area (Å²) in [4.78, 5) is 11.2. The van der Waals surface area contributed by atoms with E-state index in [9.17, 15) is 4.79 Å². The number of hydrogen-bond donors (Lipinski definition) is 2. The third kappa shape index (κ3) is 2.32. The zero-order valence-corrected chi connectivity index (χ0v) is 8.74. The molecule has 1 atom stereocenters. The van der Waals surface area contributed by atoms with Gasteiger partial charge in [0.2, 0.25) is 5.91 Å². The second-order valence-corrected chi connectivity index (χ2v) is 3.52. The molecular formula is C9H16N4O. The van der Waals surface area contributed by atoms with E-state index in [1.54, 1.807) is 0 Å². The van der Waals surface area contributed by atoms with Gasteiger partial charge in [-0.05, 0) is 19.9 Å². The number of amides is 1. The van der Waals surface area contributed by atoms with Gasteiger partial charge >= 0.3 is 0 Å². The van der Waals surface area contributed by atoms with Crippen LogP contribution in [-0.2, 0) is 11.3 Å². The van der Waals surface area contributed by atoms with Crippen LogP contribution < -0.4 is 11.3 Å². The first-order valence-corrected chi connectivity index (χ1v) is 4.56. The van der Waals surface area contributed by atoms with Gasteiger partial charge in [-0.15, -0.1) is 0 Å². The minimum Gasteiger partial charge on any atom is -0.294 e. The first-order chi connectivity index (χ1) is 6.54. The number of rotatable bonds is 3. The summed E-state index contributed by atoms with van der Waals surface area (Å²) in [5, 5.41) is 4.26. The number of hydrazine groups is 1. The first-order valence-electron chi connectivity index (χ1n) is 4.56. The molecule has 5 nitrogen and oxygen atoms in total. The van der Waals surface area contributed by atoms with Crippen molar-refractivity contribution in [1.82, 2.24) is 15.2 Å². The molecule has 0 spiro atoms. The monoisotopic (exact) mass is 196 g/mol. The van der Waals surface area contributed by atoms with E-state index in [0.29, 0.717) is 6.54 Å². The summed E-state index contributed by atoms with van der Waals surface area (Å²) in [6, 6.07) is 1.98. The van der Waals surface area contributed by atoms with Crippen LogP contribution in [0.3, 0.4) is 0 Å². The van der Waals surface area contributed by atoms with Crippen molar-refractivity contribution in [2.24, 2.45) is 11.8 Å². The molecule has 0 bridgehead atoms. The van der Waals surface area contributed by atoms with Crippen molar-refractivity contribution >= 4 is 5.91 Å². The second-order valence-electron chi connectivity index (χ2n) is 3.52. The lowest BCUT2D eigenvalue weighted by Gasteiger charge is -2.10. The fraction of sp³-hybridized carbons (Fsp3) is 0.556. The number of nitrogens with zero attached hydrogens (tertiary/aromatic N) is 2. The molecule has 14 heavy (non-hydrogen) atoms. The number of aryl methyl sites for hydroxylation is 2. The van der Waals surface area contributed by atoms with E-state index in [0.717, 1.165) is 11.4 Å². The molecule has 5 heteroatoms. The van der Waals surface area contributed by atoms with Crippen LogP contribution in [0.25, 0.3) is 0 Å². The maximum atomic E-state index is 11.2. The highest BCUT2D eigenvalue weighted by Gasteiger charge is 2.13. The van der Waals surface area contributed by atoms with Gasteiger partial charge in [0.1, 0.15) is 0 Å². The number of aromatic nitrogens is 2. The van der Waals surface area contributed by atoms with Crippen LogP contribution in [0, 0.1) is 19.8 Å². The molecule has 0 aliphatic rings. The van der Waals surface area contributed by atoms with E-state index in [1.807, 2.05) is 31.5 Å². The number of hydrogen-bond acceptors (Lipinski definition) is 3. The maximum Gasteiger partial charge on any atom is 0.238 e. The molecule has 0 aromatic carbocycles. The lowest BCUT2D eigenvalue weighted by Crippen LogP contribution is -2.36. The molecular weight excluding hydrogens is 180 g/mol. The third-order valence-corrected chi connectivity index (χ3v) is 2.14. The van der Waals surface area contributed by atoms with Gasteiger partial charge in [-0.2, -0.15) is 5.10 Å². The van der Waals surface area contributed by atoms with Gasteiger partial charge in [0.05, 0.1) is 18.2 Å². The Labute approximate surface area is 83.2 Å². The molecule has 1 rings (SSSR count). The average Bonchev–Trinajstić information content (AvgIpc) is 2.44. The highest BCUT2D eigenvalue weighted by molar-refractivity contribution is 5.77. The fourth-order valence-corrected chi connectivity index (χ4v) is 1.34. The fourth-order valence-electron chi connectivity index (χ4n) is 1.34. The highest BCUT2D eigenvalue weighted by Crippen LogP contribution is 2.06. The van der Waals surface area contributed by atoms with E-state index in [4.69, 9.17) is 5.84 Å². The number of carbonyl (C=O) groups excluding carboxylic acids is 1. The Morgan fingerprint density at radius 1 is 1.71 bits per heavy atom. The van der Waals surface area contributed by atoms with E-state index in [2.05, 4.69) is 10.5 Å². The molecule has 1 amide bonds. The maximum absolute atomic E-state index is 11.2. The zero-order valence-electron chi connectivity index (χ0n) is 8.74.